The van der Waals surface area contributed by atoms with Crippen LogP contribution in [0.5, 0.6) is 0 Å². The number of hydrogen-bond acceptors (Lipinski definition) is 2. The topological polar surface area (TPSA) is 74.6 Å². The van der Waals surface area contributed by atoms with E-state index in [1.54, 1.807) is 0 Å². The van der Waals surface area contributed by atoms with Crippen LogP contribution >= 0.6 is 0 Å². The van der Waals surface area contributed by atoms with Gasteiger partial charge in [0.25, 0.3) is 0 Å². The number of carbonyl (C=O) groups is 2. The molecule has 160 valence electrons. The molecule has 0 spiro atoms. The molecule has 0 rings (SSSR count). The van der Waals surface area contributed by atoms with E-state index < -0.39 is 11.9 Å². The van der Waals surface area contributed by atoms with Crippen LogP contribution in [0, 0.1) is 0 Å². The van der Waals surface area contributed by atoms with Gasteiger partial charge in [-0.15, -0.1) is 0 Å². The third-order valence-electron chi connectivity index (χ3n) is 3.94. The van der Waals surface area contributed by atoms with Crippen molar-refractivity contribution >= 4 is 11.9 Å². The van der Waals surface area contributed by atoms with Crippen LogP contribution in [0.1, 0.15) is 111 Å². The smallest absolute Gasteiger partial charge is 0.330 e. The van der Waals surface area contributed by atoms with Gasteiger partial charge in [0, 0.05) is 11.1 Å². The third kappa shape index (κ3) is 36.2. The molecular weight excluding hydrogens is 340 g/mol. The predicted molar refractivity (Wildman–Crippen MR) is 116 cm³/mol. The number of hydrogen-bond donors (Lipinski definition) is 2. The van der Waals surface area contributed by atoms with Crippen LogP contribution < -0.4 is 0 Å². The molecule has 0 aliphatic rings. The molecule has 0 aromatic heterocycles. The summed E-state index contributed by atoms with van der Waals surface area (Å²) in [6.45, 7) is 13.8. The Morgan fingerprint density at radius 3 is 0.815 bits per heavy atom. The molecule has 0 unspecified atom stereocenters. The van der Waals surface area contributed by atoms with E-state index in [2.05, 4.69) is 27.0 Å². The van der Waals surface area contributed by atoms with E-state index in [1.807, 2.05) is 0 Å². The van der Waals surface area contributed by atoms with Gasteiger partial charge in [0.05, 0.1) is 0 Å². The highest BCUT2D eigenvalue weighted by atomic mass is 16.4. The summed E-state index contributed by atoms with van der Waals surface area (Å²) in [6.07, 6.45) is 18.9. The van der Waals surface area contributed by atoms with Crippen molar-refractivity contribution in [2.24, 2.45) is 0 Å². The Labute approximate surface area is 167 Å². The van der Waals surface area contributed by atoms with Crippen molar-refractivity contribution in [2.75, 3.05) is 0 Å². The molecule has 0 amide bonds. The average Bonchev–Trinajstić information content (AvgIpc) is 2.60. The zero-order valence-electron chi connectivity index (χ0n) is 18.3. The lowest BCUT2D eigenvalue weighted by Crippen LogP contribution is -1.92. The van der Waals surface area contributed by atoms with Crippen molar-refractivity contribution in [3.05, 3.63) is 24.3 Å². The lowest BCUT2D eigenvalue weighted by molar-refractivity contribution is -0.133. The van der Waals surface area contributed by atoms with E-state index in [9.17, 15) is 9.59 Å². The summed E-state index contributed by atoms with van der Waals surface area (Å²) in [5, 5.41) is 15.8. The van der Waals surface area contributed by atoms with E-state index in [0.29, 0.717) is 0 Å². The van der Waals surface area contributed by atoms with Crippen LogP contribution in [0.3, 0.4) is 0 Å². The SMILES string of the molecule is C=C(C)C(=O)O.C=C(C)C(=O)O.CCCCCCCCCCCCCCC. The Morgan fingerprint density at radius 1 is 0.556 bits per heavy atom. The molecule has 4 nitrogen and oxygen atoms in total. The highest BCUT2D eigenvalue weighted by Crippen LogP contribution is 2.12. The lowest BCUT2D eigenvalue weighted by Gasteiger charge is -2.01. The van der Waals surface area contributed by atoms with Gasteiger partial charge in [-0.25, -0.2) is 9.59 Å². The second-order valence-corrected chi connectivity index (χ2v) is 7.06. The summed E-state index contributed by atoms with van der Waals surface area (Å²) < 4.78 is 0. The highest BCUT2D eigenvalue weighted by molar-refractivity contribution is 5.85. The lowest BCUT2D eigenvalue weighted by atomic mass is 10.1. The fourth-order valence-electron chi connectivity index (χ4n) is 2.09. The van der Waals surface area contributed by atoms with E-state index in [1.165, 1.54) is 97.3 Å². The van der Waals surface area contributed by atoms with Crippen LogP contribution in [0.4, 0.5) is 0 Å². The largest absolute Gasteiger partial charge is 0.478 e. The normalized spacial score (nSPS) is 9.33. The Bertz CT molecular complexity index is 326. The molecule has 2 N–H and O–H groups in total. The summed E-state index contributed by atoms with van der Waals surface area (Å²) >= 11 is 0. The first-order valence-electron chi connectivity index (χ1n) is 10.5. The molecule has 4 heteroatoms. The molecule has 0 aromatic carbocycles. The number of aliphatic carboxylic acids is 2. The summed E-state index contributed by atoms with van der Waals surface area (Å²) in [5.74, 6) is -1.87. The standard InChI is InChI=1S/C15H32.2C4H6O2/c1-3-5-7-9-11-13-15-14-12-10-8-6-4-2;2*1-3(2)4(5)6/h3-15H2,1-2H3;2*1H2,2H3,(H,5,6). The summed E-state index contributed by atoms with van der Waals surface area (Å²) in [4.78, 5) is 19.2. The van der Waals surface area contributed by atoms with E-state index >= 15 is 0 Å². The van der Waals surface area contributed by atoms with Crippen LogP contribution in [-0.2, 0) is 9.59 Å². The number of carboxylic acids is 2. The maximum absolute atomic E-state index is 9.60. The first-order valence-corrected chi connectivity index (χ1v) is 10.5. The summed E-state index contributed by atoms with van der Waals surface area (Å²) in [7, 11) is 0. The summed E-state index contributed by atoms with van der Waals surface area (Å²) in [6, 6.07) is 0. The van der Waals surface area contributed by atoms with Crippen molar-refractivity contribution < 1.29 is 19.8 Å². The molecule has 0 heterocycles. The van der Waals surface area contributed by atoms with Crippen molar-refractivity contribution in [3.8, 4) is 0 Å². The number of unbranched alkanes of at least 4 members (excludes halogenated alkanes) is 12. The zero-order chi connectivity index (χ0) is 21.5. The maximum atomic E-state index is 9.60. The van der Waals surface area contributed by atoms with E-state index in [-0.39, 0.29) is 11.1 Å². The van der Waals surface area contributed by atoms with E-state index in [4.69, 9.17) is 10.2 Å². The highest BCUT2D eigenvalue weighted by Gasteiger charge is 1.92. The monoisotopic (exact) mass is 384 g/mol. The van der Waals surface area contributed by atoms with E-state index in [0.717, 1.165) is 0 Å². The maximum Gasteiger partial charge on any atom is 0.330 e. The minimum atomic E-state index is -0.935. The van der Waals surface area contributed by atoms with Gasteiger partial charge in [-0.05, 0) is 13.8 Å². The van der Waals surface area contributed by atoms with Gasteiger partial charge in [-0.1, -0.05) is 110 Å². The van der Waals surface area contributed by atoms with Gasteiger partial charge < -0.3 is 10.2 Å². The second kappa shape index (κ2) is 24.4. The fraction of sp³-hybridized carbons (Fsp3) is 0.739. The molecular formula is C23H44O4. The van der Waals surface area contributed by atoms with Crippen LogP contribution in [0.25, 0.3) is 0 Å². The van der Waals surface area contributed by atoms with Gasteiger partial charge in [0.2, 0.25) is 0 Å². The summed E-state index contributed by atoms with van der Waals surface area (Å²) in [5.41, 5.74) is 0.352. The molecule has 0 atom stereocenters. The molecule has 27 heavy (non-hydrogen) atoms. The van der Waals surface area contributed by atoms with Crippen molar-refractivity contribution in [2.45, 2.75) is 111 Å². The zero-order valence-corrected chi connectivity index (χ0v) is 18.3. The minimum absolute atomic E-state index is 0.176. The van der Waals surface area contributed by atoms with Crippen LogP contribution in [-0.4, -0.2) is 22.2 Å². The van der Waals surface area contributed by atoms with Crippen molar-refractivity contribution in [3.63, 3.8) is 0 Å². The quantitative estimate of drug-likeness (QED) is 0.242. The Balaban J connectivity index is -0.000000394. The van der Waals surface area contributed by atoms with Gasteiger partial charge in [-0.3, -0.25) is 0 Å². The number of rotatable bonds is 14. The second-order valence-electron chi connectivity index (χ2n) is 7.06. The van der Waals surface area contributed by atoms with Gasteiger partial charge in [0.15, 0.2) is 0 Å². The first kappa shape index (κ1) is 30.2. The Morgan fingerprint density at radius 2 is 0.704 bits per heavy atom. The predicted octanol–water partition coefficient (Wildman–Crippen LogP) is 7.39. The molecule has 0 aliphatic carbocycles. The Kier molecular flexibility index (Phi) is 27.3. The molecule has 0 aromatic rings. The number of carboxylic acid groups (broad SMARTS) is 2. The molecule has 0 saturated heterocycles. The molecule has 0 saturated carbocycles. The van der Waals surface area contributed by atoms with Gasteiger partial charge in [0.1, 0.15) is 0 Å². The van der Waals surface area contributed by atoms with Crippen LogP contribution in [0.15, 0.2) is 24.3 Å². The fourth-order valence-corrected chi connectivity index (χ4v) is 2.09. The average molecular weight is 385 g/mol. The molecule has 0 radical (unpaired) electrons. The third-order valence-corrected chi connectivity index (χ3v) is 3.94. The van der Waals surface area contributed by atoms with Gasteiger partial charge in [-0.2, -0.15) is 0 Å². The molecule has 0 aliphatic heterocycles. The molecule has 0 fully saturated rings. The first-order chi connectivity index (χ1) is 12.7. The minimum Gasteiger partial charge on any atom is -0.478 e. The molecule has 0 bridgehead atoms. The van der Waals surface area contributed by atoms with Crippen molar-refractivity contribution in [1.82, 2.24) is 0 Å². The van der Waals surface area contributed by atoms with Crippen molar-refractivity contribution in [1.29, 1.82) is 0 Å². The van der Waals surface area contributed by atoms with Gasteiger partial charge >= 0.3 is 11.9 Å². The van der Waals surface area contributed by atoms with Crippen LogP contribution in [0.2, 0.25) is 0 Å². The Hall–Kier alpha value is -1.58.